The molecular weight excluding hydrogens is 827 g/mol. The van der Waals surface area contributed by atoms with Gasteiger partial charge in [-0.05, 0) is 146 Å². The number of phenols is 1. The molecule has 1 N–H and O–H groups in total. The van der Waals surface area contributed by atoms with Gasteiger partial charge in [-0.1, -0.05) is 178 Å². The third-order valence-electron chi connectivity index (χ3n) is 13.2. The second-order valence-electron chi connectivity index (χ2n) is 20.9. The van der Waals surface area contributed by atoms with Crippen LogP contribution in [0.5, 0.6) is 5.75 Å². The van der Waals surface area contributed by atoms with Crippen molar-refractivity contribution in [2.45, 2.75) is 106 Å². The van der Waals surface area contributed by atoms with E-state index in [1.54, 1.807) is 18.3 Å². The molecule has 4 nitrogen and oxygen atoms in total. The molecule has 0 aliphatic heterocycles. The minimum Gasteiger partial charge on any atom is -0.507 e. The van der Waals surface area contributed by atoms with Crippen LogP contribution in [0.2, 0.25) is 0 Å². The first-order chi connectivity index (χ1) is 35.2. The molecule has 0 fully saturated rings. The smallest absolute Gasteiger partial charge is 0.149 e. The minimum absolute atomic E-state index is 0.00172. The number of aryl methyl sites for hydroxylation is 1. The molecule has 0 aliphatic carbocycles. The van der Waals surface area contributed by atoms with E-state index in [1.807, 2.05) is 6.07 Å². The third-order valence-corrected chi connectivity index (χ3v) is 13.2. The largest absolute Gasteiger partial charge is 0.507 e. The van der Waals surface area contributed by atoms with E-state index in [0.717, 1.165) is 77.9 Å². The Morgan fingerprint density at radius 3 is 1.93 bits per heavy atom. The van der Waals surface area contributed by atoms with Crippen LogP contribution in [-0.2, 0) is 10.8 Å². The van der Waals surface area contributed by atoms with Crippen LogP contribution >= 0.6 is 0 Å². The summed E-state index contributed by atoms with van der Waals surface area (Å²) in [5.41, 5.74) is 15.0. The zero-order chi connectivity index (χ0) is 54.2. The number of benzene rings is 7. The standard InChI is InChI=1S/C64H65N3O/c1-39(2)47-35-53(40(3)4)61(68)56(36-47)62-66-60-52(48-32-49(34-51(33-48)64(10,11)12)57-37-46(29-30-65-57)43-23-21-41(5)22-24-43)19-16-20-58(60)67(62)59-38-54(44-17-14-13-15-18-44)42(6)31-55(59)45-25-27-50(28-26-45)63(7,8)9/h13-40,68H,1-12H3/i5D3,21D,22D,23D,24D. The van der Waals surface area contributed by atoms with Crippen molar-refractivity contribution in [2.75, 3.05) is 0 Å². The lowest BCUT2D eigenvalue weighted by molar-refractivity contribution is 0.466. The molecule has 7 aromatic carbocycles. The molecule has 2 aromatic heterocycles. The van der Waals surface area contributed by atoms with Crippen LogP contribution in [0.3, 0.4) is 0 Å². The Balaban J connectivity index is 1.35. The number of imidazole rings is 1. The van der Waals surface area contributed by atoms with Crippen LogP contribution in [0.25, 0.3) is 83.9 Å². The van der Waals surface area contributed by atoms with Crippen LogP contribution in [-0.4, -0.2) is 19.6 Å². The summed E-state index contributed by atoms with van der Waals surface area (Å²) in [6, 6.07) is 42.0. The van der Waals surface area contributed by atoms with Crippen LogP contribution < -0.4 is 0 Å². The number of nitrogens with zero attached hydrogens (tertiary/aromatic N) is 3. The maximum absolute atomic E-state index is 12.5. The molecule has 68 heavy (non-hydrogen) atoms. The van der Waals surface area contributed by atoms with Gasteiger partial charge in [-0.15, -0.1) is 0 Å². The fourth-order valence-corrected chi connectivity index (χ4v) is 9.14. The van der Waals surface area contributed by atoms with Gasteiger partial charge in [0.2, 0.25) is 0 Å². The number of para-hydroxylation sites is 1. The monoisotopic (exact) mass is 899 g/mol. The Labute approximate surface area is 414 Å². The molecule has 0 amide bonds. The SMILES string of the molecule is [2H]c1c([2H])c(C([2H])([2H])[2H])c([2H])c([2H])c1-c1ccnc(-c2cc(-c3cccc4c3nc(-c3cc(C(C)C)cc(C(C)C)c3O)n4-c3cc(-c4ccccc4)c(C)cc3-c3ccc(C(C)(C)C)cc3)cc(C(C)(C)C)c2)c1. The maximum atomic E-state index is 12.5. The Morgan fingerprint density at radius 1 is 0.574 bits per heavy atom. The predicted octanol–water partition coefficient (Wildman–Crippen LogP) is 17.6. The molecule has 0 atom stereocenters. The molecule has 9 rings (SSSR count). The fourth-order valence-electron chi connectivity index (χ4n) is 9.14. The van der Waals surface area contributed by atoms with E-state index in [0.29, 0.717) is 22.6 Å². The summed E-state index contributed by atoms with van der Waals surface area (Å²) in [6.45, 7) is 21.0. The first-order valence-corrected chi connectivity index (χ1v) is 23.7. The summed E-state index contributed by atoms with van der Waals surface area (Å²) in [6.07, 6.45) is 1.58. The van der Waals surface area contributed by atoms with Crippen molar-refractivity contribution in [3.05, 3.63) is 191 Å². The molecule has 0 radical (unpaired) electrons. The van der Waals surface area contributed by atoms with E-state index in [2.05, 4.69) is 190 Å². The van der Waals surface area contributed by atoms with Crippen molar-refractivity contribution in [3.63, 3.8) is 0 Å². The lowest BCUT2D eigenvalue weighted by atomic mass is 9.83. The van der Waals surface area contributed by atoms with E-state index in [-0.39, 0.29) is 34.0 Å². The highest BCUT2D eigenvalue weighted by Gasteiger charge is 2.27. The van der Waals surface area contributed by atoms with Crippen molar-refractivity contribution in [1.82, 2.24) is 14.5 Å². The zero-order valence-electron chi connectivity index (χ0n) is 48.1. The molecule has 0 aliphatic rings. The number of phenolic OH excluding ortho intramolecular Hbond substituents is 1. The number of aromatic hydroxyl groups is 1. The Kier molecular flexibility index (Phi) is 9.99. The van der Waals surface area contributed by atoms with E-state index in [1.165, 1.54) is 5.56 Å². The second kappa shape index (κ2) is 17.9. The number of hydrogen-bond donors (Lipinski definition) is 1. The molecule has 0 saturated heterocycles. The second-order valence-corrected chi connectivity index (χ2v) is 20.9. The zero-order valence-corrected chi connectivity index (χ0v) is 41.1. The van der Waals surface area contributed by atoms with Crippen molar-refractivity contribution >= 4 is 11.0 Å². The lowest BCUT2D eigenvalue weighted by Gasteiger charge is -2.22. The van der Waals surface area contributed by atoms with E-state index in [9.17, 15) is 5.11 Å². The number of hydrogen-bond acceptors (Lipinski definition) is 3. The highest BCUT2D eigenvalue weighted by atomic mass is 16.3. The summed E-state index contributed by atoms with van der Waals surface area (Å²) < 4.78 is 61.2. The topological polar surface area (TPSA) is 50.9 Å². The third kappa shape index (κ3) is 8.93. The van der Waals surface area contributed by atoms with Gasteiger partial charge in [-0.3, -0.25) is 9.55 Å². The van der Waals surface area contributed by atoms with Gasteiger partial charge in [0, 0.05) is 27.0 Å². The van der Waals surface area contributed by atoms with Gasteiger partial charge in [0.15, 0.2) is 0 Å². The maximum Gasteiger partial charge on any atom is 0.149 e. The Morgan fingerprint density at radius 2 is 1.26 bits per heavy atom. The molecule has 2 heterocycles. The van der Waals surface area contributed by atoms with Crippen molar-refractivity contribution in [3.8, 4) is 78.6 Å². The van der Waals surface area contributed by atoms with Gasteiger partial charge < -0.3 is 5.11 Å². The molecule has 342 valence electrons. The van der Waals surface area contributed by atoms with E-state index < -0.39 is 36.6 Å². The van der Waals surface area contributed by atoms with Gasteiger partial charge in [0.1, 0.15) is 11.6 Å². The van der Waals surface area contributed by atoms with E-state index >= 15 is 0 Å². The van der Waals surface area contributed by atoms with Gasteiger partial charge in [0.25, 0.3) is 0 Å². The molecule has 0 spiro atoms. The predicted molar refractivity (Wildman–Crippen MR) is 288 cm³/mol. The van der Waals surface area contributed by atoms with Crippen LogP contribution in [0, 0.1) is 13.8 Å². The molecule has 0 unspecified atom stereocenters. The molecule has 4 heteroatoms. The molecular formula is C64H65N3O. The van der Waals surface area contributed by atoms with Gasteiger partial charge >= 0.3 is 0 Å². The summed E-state index contributed by atoms with van der Waals surface area (Å²) in [5, 5.41) is 12.5. The van der Waals surface area contributed by atoms with Crippen molar-refractivity contribution in [1.29, 1.82) is 0 Å². The average molecular weight is 899 g/mol. The summed E-state index contributed by atoms with van der Waals surface area (Å²) in [4.78, 5) is 10.5. The van der Waals surface area contributed by atoms with Crippen molar-refractivity contribution in [2.24, 2.45) is 0 Å². The Bertz CT molecular complexity index is 3640. The molecule has 9 aromatic rings. The first-order valence-electron chi connectivity index (χ1n) is 27.2. The van der Waals surface area contributed by atoms with E-state index in [4.69, 9.17) is 19.6 Å². The number of aromatic nitrogens is 3. The minimum atomic E-state index is -2.83. The first kappa shape index (κ1) is 38.0. The summed E-state index contributed by atoms with van der Waals surface area (Å²) in [5.74, 6) is 0.982. The number of fused-ring (bicyclic) bond motifs is 1. The fraction of sp³-hybridized carbons (Fsp3) is 0.250. The van der Waals surface area contributed by atoms with Crippen LogP contribution in [0.1, 0.15) is 124 Å². The quantitative estimate of drug-likeness (QED) is 0.157. The van der Waals surface area contributed by atoms with Gasteiger partial charge in [-0.2, -0.15) is 0 Å². The summed E-state index contributed by atoms with van der Waals surface area (Å²) >= 11 is 0. The average Bonchev–Trinajstić information content (AvgIpc) is 3.76. The van der Waals surface area contributed by atoms with Crippen molar-refractivity contribution < 1.29 is 14.7 Å². The van der Waals surface area contributed by atoms with Crippen LogP contribution in [0.4, 0.5) is 0 Å². The highest BCUT2D eigenvalue weighted by molar-refractivity contribution is 5.98. The normalized spacial score (nSPS) is 13.8. The molecule has 0 bridgehead atoms. The van der Waals surface area contributed by atoms with Crippen LogP contribution in [0.15, 0.2) is 158 Å². The number of rotatable bonds is 9. The van der Waals surface area contributed by atoms with Gasteiger partial charge in [0.05, 0.1) is 33.5 Å². The van der Waals surface area contributed by atoms with Gasteiger partial charge in [-0.25, -0.2) is 4.98 Å². The number of pyridine rings is 1. The lowest BCUT2D eigenvalue weighted by Crippen LogP contribution is -2.11. The molecule has 0 saturated carbocycles. The highest BCUT2D eigenvalue weighted by Crippen LogP contribution is 2.46. The Hall–Kier alpha value is -7.04. The summed E-state index contributed by atoms with van der Waals surface area (Å²) in [7, 11) is 0.